The number of aliphatic hydroxyl groups is 1. The number of hydrogen-bond donors (Lipinski definition) is 1. The Kier molecular flexibility index (Phi) is 5.29. The van der Waals surface area contributed by atoms with E-state index in [1.54, 1.807) is 48.8 Å². The van der Waals surface area contributed by atoms with Gasteiger partial charge < -0.3 is 9.84 Å². The van der Waals surface area contributed by atoms with Crippen LogP contribution in [-0.2, 0) is 9.59 Å². The third-order valence-corrected chi connectivity index (χ3v) is 5.39. The molecule has 1 atom stereocenters. The summed E-state index contributed by atoms with van der Waals surface area (Å²) >= 11 is 0. The van der Waals surface area contributed by atoms with E-state index in [0.29, 0.717) is 22.6 Å². The van der Waals surface area contributed by atoms with Crippen LogP contribution in [0.5, 0.6) is 5.75 Å². The molecule has 1 aromatic heterocycles. The fourth-order valence-electron chi connectivity index (χ4n) is 3.82. The second kappa shape index (κ2) is 8.07. The first-order chi connectivity index (χ1) is 14.9. The van der Waals surface area contributed by atoms with Crippen LogP contribution in [-0.4, -0.2) is 28.9 Å². The molecule has 0 saturated carbocycles. The molecular weight excluding hydrogens is 392 g/mol. The third kappa shape index (κ3) is 3.57. The van der Waals surface area contributed by atoms with Gasteiger partial charge in [-0.05, 0) is 55.8 Å². The number of ether oxygens (including phenoxy) is 1. The highest BCUT2D eigenvalue weighted by Gasteiger charge is 2.47. The second-order valence-corrected chi connectivity index (χ2v) is 7.49. The van der Waals surface area contributed by atoms with Gasteiger partial charge in [0, 0.05) is 18.1 Å². The van der Waals surface area contributed by atoms with Crippen LogP contribution in [0.3, 0.4) is 0 Å². The molecule has 0 spiro atoms. The molecule has 6 nitrogen and oxygen atoms in total. The van der Waals surface area contributed by atoms with Gasteiger partial charge in [0.15, 0.2) is 0 Å². The van der Waals surface area contributed by atoms with E-state index in [-0.39, 0.29) is 11.3 Å². The van der Waals surface area contributed by atoms with Gasteiger partial charge in [0.25, 0.3) is 11.7 Å². The number of carbonyl (C=O) groups excluding carboxylic acids is 2. The number of pyridine rings is 1. The van der Waals surface area contributed by atoms with E-state index in [1.807, 2.05) is 32.0 Å². The number of rotatable bonds is 4. The van der Waals surface area contributed by atoms with Gasteiger partial charge in [-0.3, -0.25) is 19.5 Å². The number of benzene rings is 2. The number of methoxy groups -OCH3 is 1. The van der Waals surface area contributed by atoms with Crippen LogP contribution in [0.4, 0.5) is 5.69 Å². The minimum absolute atomic E-state index is 0.0145. The number of amides is 1. The van der Waals surface area contributed by atoms with Crippen LogP contribution in [0.2, 0.25) is 0 Å². The van der Waals surface area contributed by atoms with E-state index in [4.69, 9.17) is 4.74 Å². The number of anilines is 1. The molecule has 0 aliphatic carbocycles. The molecule has 0 radical (unpaired) electrons. The van der Waals surface area contributed by atoms with E-state index in [1.165, 1.54) is 12.0 Å². The van der Waals surface area contributed by atoms with Gasteiger partial charge in [0.1, 0.15) is 11.5 Å². The third-order valence-electron chi connectivity index (χ3n) is 5.39. The average Bonchev–Trinajstić information content (AvgIpc) is 3.05. The molecular formula is C25H22N2O4. The van der Waals surface area contributed by atoms with E-state index in [0.717, 1.165) is 11.1 Å². The highest BCUT2D eigenvalue weighted by Crippen LogP contribution is 2.43. The van der Waals surface area contributed by atoms with Gasteiger partial charge in [-0.1, -0.05) is 29.3 Å². The molecule has 1 saturated heterocycles. The minimum Gasteiger partial charge on any atom is -0.507 e. The molecule has 1 aliphatic rings. The second-order valence-electron chi connectivity index (χ2n) is 7.49. The van der Waals surface area contributed by atoms with Crippen LogP contribution >= 0.6 is 0 Å². The van der Waals surface area contributed by atoms with Crippen LogP contribution < -0.4 is 9.64 Å². The zero-order valence-electron chi connectivity index (χ0n) is 17.5. The molecule has 2 heterocycles. The number of carbonyl (C=O) groups is 2. The smallest absolute Gasteiger partial charge is 0.300 e. The summed E-state index contributed by atoms with van der Waals surface area (Å²) in [6.07, 6.45) is 3.19. The summed E-state index contributed by atoms with van der Waals surface area (Å²) in [6.45, 7) is 3.82. The maximum Gasteiger partial charge on any atom is 0.300 e. The number of Topliss-reactive ketones (excluding diaryl/α,β-unsaturated/α-hetero) is 1. The molecule has 2 aromatic carbocycles. The van der Waals surface area contributed by atoms with Gasteiger partial charge in [-0.25, -0.2) is 0 Å². The predicted octanol–water partition coefficient (Wildman–Crippen LogP) is 4.33. The molecule has 156 valence electrons. The standard InChI is InChI=1S/C25H22N2O4/c1-15-4-7-18(8-5-15)27-22(17-10-12-26-13-11-17)21(24(29)25(27)30)23(28)19-14-16(2)6-9-20(19)31-3/h4-14,22,28H,1-3H3/b23-21+. The molecule has 6 heteroatoms. The minimum atomic E-state index is -0.795. The largest absolute Gasteiger partial charge is 0.507 e. The van der Waals surface area contributed by atoms with Gasteiger partial charge in [0.2, 0.25) is 0 Å². The van der Waals surface area contributed by atoms with Crippen molar-refractivity contribution in [1.29, 1.82) is 0 Å². The first-order valence-corrected chi connectivity index (χ1v) is 9.85. The summed E-state index contributed by atoms with van der Waals surface area (Å²) in [5.41, 5.74) is 3.54. The molecule has 1 aliphatic heterocycles. The summed E-state index contributed by atoms with van der Waals surface area (Å²) in [5, 5.41) is 11.3. The van der Waals surface area contributed by atoms with Gasteiger partial charge in [0.05, 0.1) is 24.3 Å². The number of aryl methyl sites for hydroxylation is 2. The maximum absolute atomic E-state index is 13.2. The van der Waals surface area contributed by atoms with Crippen molar-refractivity contribution in [1.82, 2.24) is 4.98 Å². The lowest BCUT2D eigenvalue weighted by molar-refractivity contribution is -0.132. The van der Waals surface area contributed by atoms with Gasteiger partial charge >= 0.3 is 0 Å². The van der Waals surface area contributed by atoms with E-state index in [9.17, 15) is 14.7 Å². The summed E-state index contributed by atoms with van der Waals surface area (Å²) < 4.78 is 5.39. The highest BCUT2D eigenvalue weighted by molar-refractivity contribution is 6.51. The fraction of sp³-hybridized carbons (Fsp3) is 0.160. The molecule has 4 rings (SSSR count). The molecule has 31 heavy (non-hydrogen) atoms. The number of nitrogens with zero attached hydrogens (tertiary/aromatic N) is 2. The Morgan fingerprint density at radius 3 is 2.26 bits per heavy atom. The van der Waals surface area contributed by atoms with Crippen molar-refractivity contribution in [2.45, 2.75) is 19.9 Å². The average molecular weight is 414 g/mol. The van der Waals surface area contributed by atoms with Crippen LogP contribution in [0.15, 0.2) is 72.6 Å². The van der Waals surface area contributed by atoms with Crippen molar-refractivity contribution in [3.8, 4) is 5.75 Å². The Morgan fingerprint density at radius 1 is 0.968 bits per heavy atom. The lowest BCUT2D eigenvalue weighted by atomic mass is 9.95. The molecule has 1 fully saturated rings. The van der Waals surface area contributed by atoms with Crippen molar-refractivity contribution in [2.75, 3.05) is 12.0 Å². The Balaban J connectivity index is 1.97. The van der Waals surface area contributed by atoms with Gasteiger partial charge in [-0.15, -0.1) is 0 Å². The monoisotopic (exact) mass is 414 g/mol. The summed E-state index contributed by atoms with van der Waals surface area (Å²) in [6, 6.07) is 15.3. The van der Waals surface area contributed by atoms with Crippen LogP contribution in [0.1, 0.15) is 28.3 Å². The number of aromatic nitrogens is 1. The number of hydrogen-bond acceptors (Lipinski definition) is 5. The normalized spacial score (nSPS) is 17.8. The van der Waals surface area contributed by atoms with E-state index >= 15 is 0 Å². The topological polar surface area (TPSA) is 79.7 Å². The van der Waals surface area contributed by atoms with Crippen LogP contribution in [0.25, 0.3) is 5.76 Å². The summed E-state index contributed by atoms with van der Waals surface area (Å²) in [7, 11) is 1.49. The zero-order chi connectivity index (χ0) is 22.1. The first-order valence-electron chi connectivity index (χ1n) is 9.85. The number of aliphatic hydroxyl groups excluding tert-OH is 1. The predicted molar refractivity (Wildman–Crippen MR) is 118 cm³/mol. The molecule has 0 bridgehead atoms. The van der Waals surface area contributed by atoms with Crippen molar-refractivity contribution in [2.24, 2.45) is 0 Å². The van der Waals surface area contributed by atoms with Crippen molar-refractivity contribution >= 4 is 23.1 Å². The lowest BCUT2D eigenvalue weighted by Crippen LogP contribution is -2.29. The van der Waals surface area contributed by atoms with Crippen LogP contribution in [0, 0.1) is 13.8 Å². The van der Waals surface area contributed by atoms with E-state index < -0.39 is 17.7 Å². The molecule has 1 unspecified atom stereocenters. The SMILES string of the molecule is COc1ccc(C)cc1/C(O)=C1\C(=O)C(=O)N(c2ccc(C)cc2)C1c1ccncc1. The molecule has 1 amide bonds. The van der Waals surface area contributed by atoms with Crippen molar-refractivity contribution in [3.05, 3.63) is 94.8 Å². The summed E-state index contributed by atoms with van der Waals surface area (Å²) in [4.78, 5) is 31.8. The van der Waals surface area contributed by atoms with Crippen molar-refractivity contribution < 1.29 is 19.4 Å². The quantitative estimate of drug-likeness (QED) is 0.390. The molecule has 3 aromatic rings. The van der Waals surface area contributed by atoms with Crippen molar-refractivity contribution in [3.63, 3.8) is 0 Å². The number of ketones is 1. The maximum atomic E-state index is 13.2. The molecule has 1 N–H and O–H groups in total. The highest BCUT2D eigenvalue weighted by atomic mass is 16.5. The Bertz CT molecular complexity index is 1180. The Labute approximate surface area is 180 Å². The zero-order valence-corrected chi connectivity index (χ0v) is 17.5. The Morgan fingerprint density at radius 2 is 1.61 bits per heavy atom. The first kappa shape index (κ1) is 20.3. The van der Waals surface area contributed by atoms with Gasteiger partial charge in [-0.2, -0.15) is 0 Å². The lowest BCUT2D eigenvalue weighted by Gasteiger charge is -2.25. The summed E-state index contributed by atoms with van der Waals surface area (Å²) in [5.74, 6) is -1.30. The Hall–Kier alpha value is -3.93. The van der Waals surface area contributed by atoms with E-state index in [2.05, 4.69) is 4.98 Å². The fourth-order valence-corrected chi connectivity index (χ4v) is 3.82.